The lowest BCUT2D eigenvalue weighted by Crippen LogP contribution is -2.07. The SMILES string of the molecule is CCCCCCCCCCCCCCCCCCS(=O)(=O)c1ccc(CO[P+](=O)O)cc1. The van der Waals surface area contributed by atoms with Gasteiger partial charge in [0.05, 0.1) is 10.6 Å². The lowest BCUT2D eigenvalue weighted by Gasteiger charge is -2.06. The zero-order chi connectivity index (χ0) is 23.5. The normalized spacial score (nSPS) is 12.2. The quantitative estimate of drug-likeness (QED) is 0.141. The van der Waals surface area contributed by atoms with E-state index >= 15 is 0 Å². The molecule has 5 nitrogen and oxygen atoms in total. The first-order valence-electron chi connectivity index (χ1n) is 12.6. The van der Waals surface area contributed by atoms with Crippen molar-refractivity contribution in [1.29, 1.82) is 0 Å². The van der Waals surface area contributed by atoms with Crippen molar-refractivity contribution in [3.63, 3.8) is 0 Å². The van der Waals surface area contributed by atoms with E-state index < -0.39 is 18.1 Å². The van der Waals surface area contributed by atoms with E-state index in [0.717, 1.165) is 12.8 Å². The molecule has 0 radical (unpaired) electrons. The summed E-state index contributed by atoms with van der Waals surface area (Å²) in [6, 6.07) is 6.34. The Labute approximate surface area is 197 Å². The van der Waals surface area contributed by atoms with Gasteiger partial charge in [-0.3, -0.25) is 0 Å². The zero-order valence-corrected chi connectivity index (χ0v) is 21.7. The summed E-state index contributed by atoms with van der Waals surface area (Å²) in [7, 11) is -5.92. The molecule has 0 saturated carbocycles. The molecule has 0 fully saturated rings. The summed E-state index contributed by atoms with van der Waals surface area (Å²) in [5.74, 6) is 0.170. The summed E-state index contributed by atoms with van der Waals surface area (Å²) in [5, 5.41) is 0. The summed E-state index contributed by atoms with van der Waals surface area (Å²) in [4.78, 5) is 8.96. The first-order valence-corrected chi connectivity index (χ1v) is 15.3. The second kappa shape index (κ2) is 18.6. The zero-order valence-electron chi connectivity index (χ0n) is 20.0. The van der Waals surface area contributed by atoms with Crippen LogP contribution in [-0.2, 0) is 25.5 Å². The van der Waals surface area contributed by atoms with Crippen LogP contribution in [0.1, 0.15) is 115 Å². The summed E-state index contributed by atoms with van der Waals surface area (Å²) in [5.41, 5.74) is 0.670. The van der Waals surface area contributed by atoms with E-state index in [0.29, 0.717) is 16.9 Å². The number of sulfone groups is 1. The number of unbranched alkanes of at least 4 members (excludes halogenated alkanes) is 15. The minimum absolute atomic E-state index is 0.00877. The number of hydrogen-bond donors (Lipinski definition) is 1. The van der Waals surface area contributed by atoms with Crippen LogP contribution in [0.3, 0.4) is 0 Å². The van der Waals surface area contributed by atoms with E-state index in [2.05, 4.69) is 11.4 Å². The first-order chi connectivity index (χ1) is 15.5. The van der Waals surface area contributed by atoms with Gasteiger partial charge in [-0.2, -0.15) is 0 Å². The molecule has 1 unspecified atom stereocenters. The van der Waals surface area contributed by atoms with Gasteiger partial charge in [-0.1, -0.05) is 115 Å². The van der Waals surface area contributed by atoms with Gasteiger partial charge in [0.25, 0.3) is 0 Å². The van der Waals surface area contributed by atoms with Crippen molar-refractivity contribution < 1.29 is 22.4 Å². The fourth-order valence-electron chi connectivity index (χ4n) is 3.88. The average molecular weight is 488 g/mol. The molecule has 0 aliphatic rings. The molecule has 1 aromatic carbocycles. The lowest BCUT2D eigenvalue weighted by atomic mass is 10.0. The summed E-state index contributed by atoms with van der Waals surface area (Å²) in [6.07, 6.45) is 20.3. The van der Waals surface area contributed by atoms with Gasteiger partial charge in [0.2, 0.25) is 0 Å². The molecule has 0 aromatic heterocycles. The highest BCUT2D eigenvalue weighted by Gasteiger charge is 2.15. The van der Waals surface area contributed by atoms with Crippen LogP contribution in [0.5, 0.6) is 0 Å². The maximum Gasteiger partial charge on any atom is 0.695 e. The summed E-state index contributed by atoms with van der Waals surface area (Å²) >= 11 is 0. The Morgan fingerprint density at radius 3 is 1.53 bits per heavy atom. The third-order valence-corrected chi connectivity index (χ3v) is 8.06. The highest BCUT2D eigenvalue weighted by molar-refractivity contribution is 7.91. The van der Waals surface area contributed by atoms with Crippen molar-refractivity contribution in [2.45, 2.75) is 121 Å². The molecule has 0 heterocycles. The van der Waals surface area contributed by atoms with Crippen LogP contribution >= 0.6 is 8.25 Å². The van der Waals surface area contributed by atoms with Gasteiger partial charge in [-0.05, 0) is 24.1 Å². The maximum absolute atomic E-state index is 12.4. The first kappa shape index (κ1) is 29.2. The molecule has 0 bridgehead atoms. The van der Waals surface area contributed by atoms with Gasteiger partial charge in [0.15, 0.2) is 9.84 Å². The molecule has 1 rings (SSSR count). The minimum atomic E-state index is -3.28. The molecule has 1 aromatic rings. The molecule has 0 amide bonds. The van der Waals surface area contributed by atoms with Crippen molar-refractivity contribution in [2.75, 3.05) is 5.75 Å². The van der Waals surface area contributed by atoms with Crippen molar-refractivity contribution >= 4 is 18.1 Å². The average Bonchev–Trinajstić information content (AvgIpc) is 2.77. The second-order valence-electron chi connectivity index (χ2n) is 8.78. The number of hydrogen-bond acceptors (Lipinski definition) is 4. The van der Waals surface area contributed by atoms with E-state index in [-0.39, 0.29) is 12.4 Å². The van der Waals surface area contributed by atoms with E-state index in [1.165, 1.54) is 83.5 Å². The minimum Gasteiger partial charge on any atom is -0.224 e. The number of benzene rings is 1. The molecule has 32 heavy (non-hydrogen) atoms. The number of rotatable bonds is 21. The van der Waals surface area contributed by atoms with Gasteiger partial charge in [0.1, 0.15) is 6.61 Å². The van der Waals surface area contributed by atoms with Crippen LogP contribution in [0, 0.1) is 0 Å². The summed E-state index contributed by atoms with van der Waals surface area (Å²) < 4.78 is 40.1. The third-order valence-electron chi connectivity index (χ3n) is 5.89. The highest BCUT2D eigenvalue weighted by atomic mass is 32.2. The van der Waals surface area contributed by atoms with Crippen molar-refractivity contribution in [1.82, 2.24) is 0 Å². The van der Waals surface area contributed by atoms with E-state index in [1.54, 1.807) is 24.3 Å². The van der Waals surface area contributed by atoms with Gasteiger partial charge in [0, 0.05) is 4.57 Å². The van der Waals surface area contributed by atoms with Crippen LogP contribution in [-0.4, -0.2) is 19.1 Å². The standard InChI is InChI=1S/C25H43O5PS/c1-2-3-4-5-6-7-8-9-10-11-12-13-14-15-16-17-22-32(28,29)25-20-18-24(19-21-25)23-30-31(26)27/h18-21H,2-17,22-23H2,1H3/p+1. The molecule has 0 saturated heterocycles. The predicted octanol–water partition coefficient (Wildman–Crippen LogP) is 7.89. The van der Waals surface area contributed by atoms with Crippen molar-refractivity contribution in [2.24, 2.45) is 0 Å². The van der Waals surface area contributed by atoms with Crippen molar-refractivity contribution in [3.8, 4) is 0 Å². The molecule has 0 aliphatic carbocycles. The Morgan fingerprint density at radius 1 is 0.719 bits per heavy atom. The Bertz CT molecular complexity index is 704. The molecular weight excluding hydrogens is 443 g/mol. The molecule has 184 valence electrons. The summed E-state index contributed by atoms with van der Waals surface area (Å²) in [6.45, 7) is 2.25. The Balaban J connectivity index is 1.99. The van der Waals surface area contributed by atoms with Gasteiger partial charge < -0.3 is 0 Å². The Kier molecular flexibility index (Phi) is 17.0. The van der Waals surface area contributed by atoms with Gasteiger partial charge in [-0.25, -0.2) is 8.42 Å². The van der Waals surface area contributed by atoms with Crippen LogP contribution in [0.15, 0.2) is 29.2 Å². The van der Waals surface area contributed by atoms with Crippen LogP contribution < -0.4 is 0 Å². The lowest BCUT2D eigenvalue weighted by molar-refractivity contribution is 0.272. The van der Waals surface area contributed by atoms with Gasteiger partial charge in [-0.15, -0.1) is 9.42 Å². The largest absolute Gasteiger partial charge is 0.695 e. The molecular formula is C25H44O5PS+. The monoisotopic (exact) mass is 487 g/mol. The molecule has 7 heteroatoms. The van der Waals surface area contributed by atoms with Crippen LogP contribution in [0.25, 0.3) is 0 Å². The van der Waals surface area contributed by atoms with Crippen LogP contribution in [0.2, 0.25) is 0 Å². The molecule has 1 N–H and O–H groups in total. The second-order valence-corrected chi connectivity index (χ2v) is 11.6. The van der Waals surface area contributed by atoms with E-state index in [9.17, 15) is 13.0 Å². The molecule has 1 atom stereocenters. The Hall–Kier alpha value is -0.810. The fraction of sp³-hybridized carbons (Fsp3) is 0.760. The van der Waals surface area contributed by atoms with Crippen LogP contribution in [0.4, 0.5) is 0 Å². The maximum atomic E-state index is 12.4. The predicted molar refractivity (Wildman–Crippen MR) is 133 cm³/mol. The highest BCUT2D eigenvalue weighted by Crippen LogP contribution is 2.20. The van der Waals surface area contributed by atoms with Gasteiger partial charge >= 0.3 is 8.25 Å². The smallest absolute Gasteiger partial charge is 0.224 e. The van der Waals surface area contributed by atoms with E-state index in [4.69, 9.17) is 4.89 Å². The Morgan fingerprint density at radius 2 is 1.12 bits per heavy atom. The van der Waals surface area contributed by atoms with E-state index in [1.807, 2.05) is 0 Å². The third kappa shape index (κ3) is 15.1. The topological polar surface area (TPSA) is 80.7 Å². The molecule has 0 aliphatic heterocycles. The fourth-order valence-corrected chi connectivity index (χ4v) is 5.51. The molecule has 0 spiro atoms. The van der Waals surface area contributed by atoms with Crippen molar-refractivity contribution in [3.05, 3.63) is 29.8 Å².